The summed E-state index contributed by atoms with van der Waals surface area (Å²) < 4.78 is 0.957. The Morgan fingerprint density at radius 2 is 1.86 bits per heavy atom. The van der Waals surface area contributed by atoms with Gasteiger partial charge >= 0.3 is 0 Å². The Morgan fingerprint density at radius 1 is 1.19 bits per heavy atom. The predicted octanol–water partition coefficient (Wildman–Crippen LogP) is 3.75. The molecular formula is C17H18INO2. The molecule has 2 aromatic carbocycles. The van der Waals surface area contributed by atoms with Crippen LogP contribution in [0, 0.1) is 3.57 Å². The monoisotopic (exact) mass is 395 g/mol. The van der Waals surface area contributed by atoms with E-state index in [0.717, 1.165) is 27.5 Å². The van der Waals surface area contributed by atoms with Crippen LogP contribution in [-0.2, 0) is 6.42 Å². The molecular weight excluding hydrogens is 377 g/mol. The third-order valence-corrected chi connectivity index (χ3v) is 4.24. The molecule has 2 rings (SSSR count). The van der Waals surface area contributed by atoms with Crippen LogP contribution in [0.4, 0.5) is 0 Å². The summed E-state index contributed by atoms with van der Waals surface area (Å²) in [6.07, 6.45) is 1.73. The molecule has 0 radical (unpaired) electrons. The van der Waals surface area contributed by atoms with Gasteiger partial charge < -0.3 is 10.4 Å². The number of hydrogen-bond donors (Lipinski definition) is 2. The van der Waals surface area contributed by atoms with Gasteiger partial charge in [-0.05, 0) is 72.2 Å². The van der Waals surface area contributed by atoms with E-state index in [2.05, 4.69) is 27.9 Å². The second-order valence-electron chi connectivity index (χ2n) is 5.06. The van der Waals surface area contributed by atoms with Crippen molar-refractivity contribution in [1.29, 1.82) is 0 Å². The molecule has 3 nitrogen and oxygen atoms in total. The molecule has 1 unspecified atom stereocenters. The number of carbonyl (C=O) groups excluding carboxylic acids is 1. The Bertz CT molecular complexity index is 610. The number of halogens is 1. The molecule has 0 aliphatic rings. The third kappa shape index (κ3) is 4.74. The van der Waals surface area contributed by atoms with Crippen molar-refractivity contribution in [2.45, 2.75) is 25.8 Å². The van der Waals surface area contributed by atoms with Gasteiger partial charge in [-0.15, -0.1) is 0 Å². The number of amides is 1. The van der Waals surface area contributed by atoms with Crippen molar-refractivity contribution in [3.63, 3.8) is 0 Å². The lowest BCUT2D eigenvalue weighted by molar-refractivity contribution is 0.0937. The van der Waals surface area contributed by atoms with E-state index < -0.39 is 0 Å². The van der Waals surface area contributed by atoms with E-state index in [1.165, 1.54) is 0 Å². The average molecular weight is 395 g/mol. The summed E-state index contributed by atoms with van der Waals surface area (Å²) in [6, 6.07) is 14.8. The van der Waals surface area contributed by atoms with Gasteiger partial charge in [-0.1, -0.05) is 24.3 Å². The van der Waals surface area contributed by atoms with Gasteiger partial charge in [0.2, 0.25) is 0 Å². The van der Waals surface area contributed by atoms with Crippen LogP contribution in [0.1, 0.15) is 29.3 Å². The maximum absolute atomic E-state index is 12.2. The van der Waals surface area contributed by atoms with Gasteiger partial charge in [0.15, 0.2) is 0 Å². The van der Waals surface area contributed by atoms with Gasteiger partial charge in [0.1, 0.15) is 5.75 Å². The lowest BCUT2D eigenvalue weighted by Crippen LogP contribution is -2.33. The van der Waals surface area contributed by atoms with Gasteiger partial charge in [0.25, 0.3) is 5.91 Å². The first kappa shape index (κ1) is 15.8. The van der Waals surface area contributed by atoms with Crippen molar-refractivity contribution in [1.82, 2.24) is 5.32 Å². The fourth-order valence-corrected chi connectivity index (χ4v) is 2.70. The Balaban J connectivity index is 1.87. The molecule has 2 aromatic rings. The number of phenolic OH excluding ortho intramolecular Hbond substituents is 1. The molecule has 0 fully saturated rings. The minimum Gasteiger partial charge on any atom is -0.508 e. The van der Waals surface area contributed by atoms with Crippen molar-refractivity contribution in [2.75, 3.05) is 0 Å². The lowest BCUT2D eigenvalue weighted by atomic mass is 10.1. The average Bonchev–Trinajstić information content (AvgIpc) is 2.47. The van der Waals surface area contributed by atoms with Gasteiger partial charge in [0.05, 0.1) is 5.56 Å². The van der Waals surface area contributed by atoms with E-state index in [1.807, 2.05) is 43.3 Å². The number of carbonyl (C=O) groups is 1. The first-order valence-electron chi connectivity index (χ1n) is 6.89. The molecule has 2 N–H and O–H groups in total. The normalized spacial score (nSPS) is 11.9. The largest absolute Gasteiger partial charge is 0.508 e. The molecule has 0 spiro atoms. The van der Waals surface area contributed by atoms with Crippen LogP contribution >= 0.6 is 22.6 Å². The highest BCUT2D eigenvalue weighted by molar-refractivity contribution is 14.1. The summed E-state index contributed by atoms with van der Waals surface area (Å²) >= 11 is 2.17. The third-order valence-electron chi connectivity index (χ3n) is 3.30. The molecule has 0 saturated heterocycles. The SMILES string of the molecule is CC(CCc1ccc(O)cc1)NC(=O)c1ccccc1I. The fourth-order valence-electron chi connectivity index (χ4n) is 2.06. The number of hydrogen-bond acceptors (Lipinski definition) is 2. The number of benzene rings is 2. The van der Waals surface area contributed by atoms with E-state index in [-0.39, 0.29) is 17.7 Å². The first-order valence-corrected chi connectivity index (χ1v) is 7.97. The summed E-state index contributed by atoms with van der Waals surface area (Å²) in [5, 5.41) is 12.3. The molecule has 1 amide bonds. The molecule has 4 heteroatoms. The van der Waals surface area contributed by atoms with Crippen LogP contribution in [0.3, 0.4) is 0 Å². The second kappa shape index (κ2) is 7.45. The lowest BCUT2D eigenvalue weighted by Gasteiger charge is -2.14. The molecule has 21 heavy (non-hydrogen) atoms. The highest BCUT2D eigenvalue weighted by atomic mass is 127. The Hall–Kier alpha value is -1.56. The van der Waals surface area contributed by atoms with E-state index in [1.54, 1.807) is 12.1 Å². The van der Waals surface area contributed by atoms with Crippen LogP contribution < -0.4 is 5.32 Å². The van der Waals surface area contributed by atoms with Gasteiger partial charge in [0, 0.05) is 9.61 Å². The van der Waals surface area contributed by atoms with Gasteiger partial charge in [-0.3, -0.25) is 4.79 Å². The van der Waals surface area contributed by atoms with Crippen LogP contribution in [0.25, 0.3) is 0 Å². The molecule has 0 saturated carbocycles. The van der Waals surface area contributed by atoms with Gasteiger partial charge in [-0.2, -0.15) is 0 Å². The first-order chi connectivity index (χ1) is 10.1. The molecule has 0 aliphatic carbocycles. The zero-order valence-corrected chi connectivity index (χ0v) is 14.0. The van der Waals surface area contributed by atoms with E-state index in [4.69, 9.17) is 0 Å². The summed E-state index contributed by atoms with van der Waals surface area (Å²) in [7, 11) is 0. The summed E-state index contributed by atoms with van der Waals surface area (Å²) in [6.45, 7) is 2.01. The molecule has 110 valence electrons. The molecule has 1 atom stereocenters. The van der Waals surface area contributed by atoms with Crippen LogP contribution in [0.5, 0.6) is 5.75 Å². The maximum Gasteiger partial charge on any atom is 0.252 e. The van der Waals surface area contributed by atoms with Crippen molar-refractivity contribution in [3.05, 3.63) is 63.2 Å². The second-order valence-corrected chi connectivity index (χ2v) is 6.22. The molecule has 0 aliphatic heterocycles. The van der Waals surface area contributed by atoms with Crippen molar-refractivity contribution in [2.24, 2.45) is 0 Å². The van der Waals surface area contributed by atoms with Crippen LogP contribution in [0.2, 0.25) is 0 Å². The smallest absolute Gasteiger partial charge is 0.252 e. The predicted molar refractivity (Wildman–Crippen MR) is 92.5 cm³/mol. The quantitative estimate of drug-likeness (QED) is 0.758. The van der Waals surface area contributed by atoms with Gasteiger partial charge in [-0.25, -0.2) is 0 Å². The minimum absolute atomic E-state index is 0.0294. The van der Waals surface area contributed by atoms with Crippen molar-refractivity contribution in [3.8, 4) is 5.75 Å². The van der Waals surface area contributed by atoms with E-state index >= 15 is 0 Å². The van der Waals surface area contributed by atoms with Crippen molar-refractivity contribution >= 4 is 28.5 Å². The number of phenols is 1. The Kier molecular flexibility index (Phi) is 5.61. The topological polar surface area (TPSA) is 49.3 Å². The molecule has 0 heterocycles. The minimum atomic E-state index is -0.0294. The number of aromatic hydroxyl groups is 1. The zero-order chi connectivity index (χ0) is 15.2. The number of aryl methyl sites for hydroxylation is 1. The summed E-state index contributed by atoms with van der Waals surface area (Å²) in [5.41, 5.74) is 1.87. The number of rotatable bonds is 5. The molecule has 0 aromatic heterocycles. The highest BCUT2D eigenvalue weighted by Gasteiger charge is 2.12. The van der Waals surface area contributed by atoms with Crippen LogP contribution in [0.15, 0.2) is 48.5 Å². The standard InChI is InChI=1S/C17H18INO2/c1-12(6-7-13-8-10-14(20)11-9-13)19-17(21)15-4-2-3-5-16(15)18/h2-5,8-12,20H,6-7H2,1H3,(H,19,21). The summed E-state index contributed by atoms with van der Waals surface area (Å²) in [5.74, 6) is 0.247. The van der Waals surface area contributed by atoms with E-state index in [9.17, 15) is 9.90 Å². The Morgan fingerprint density at radius 3 is 2.52 bits per heavy atom. The fraction of sp³-hybridized carbons (Fsp3) is 0.235. The zero-order valence-electron chi connectivity index (χ0n) is 11.8. The summed E-state index contributed by atoms with van der Waals surface area (Å²) in [4.78, 5) is 12.2. The van der Waals surface area contributed by atoms with E-state index in [0.29, 0.717) is 0 Å². The highest BCUT2D eigenvalue weighted by Crippen LogP contribution is 2.13. The number of nitrogens with one attached hydrogen (secondary N) is 1. The van der Waals surface area contributed by atoms with Crippen LogP contribution in [-0.4, -0.2) is 17.1 Å². The van der Waals surface area contributed by atoms with Crippen molar-refractivity contribution < 1.29 is 9.90 Å². The molecule has 0 bridgehead atoms. The maximum atomic E-state index is 12.2. The Labute approximate surface area is 138 Å².